The highest BCUT2D eigenvalue weighted by Gasteiger charge is 2.68. The molecule has 3 rings (SSSR count). The van der Waals surface area contributed by atoms with E-state index in [2.05, 4.69) is 15.9 Å². The topological polar surface area (TPSA) is 45.3 Å². The number of hydrogen-bond acceptors (Lipinski definition) is 3. The van der Waals surface area contributed by atoms with Crippen molar-refractivity contribution in [1.29, 1.82) is 0 Å². The van der Waals surface area contributed by atoms with E-state index in [1.54, 1.807) is 0 Å². The number of aliphatic hydroxyl groups is 1. The number of ether oxygens (including phenoxy) is 2. The second-order valence-electron chi connectivity index (χ2n) is 3.07. The smallest absolute Gasteiger partial charge is 0.116 e. The van der Waals surface area contributed by atoms with Gasteiger partial charge in [0.25, 0.3) is 0 Å². The second kappa shape index (κ2) is 1.58. The molecule has 0 spiro atoms. The molecule has 56 valence electrons. The Labute approximate surface area is 66.4 Å². The van der Waals surface area contributed by atoms with Crippen LogP contribution < -0.4 is 0 Å². The lowest BCUT2D eigenvalue weighted by molar-refractivity contribution is 0.124. The lowest BCUT2D eigenvalue weighted by atomic mass is 9.98. The normalized spacial score (nSPS) is 70.2. The third kappa shape index (κ3) is 0.563. The maximum atomic E-state index is 9.43. The summed E-state index contributed by atoms with van der Waals surface area (Å²) < 4.78 is 10.5. The Balaban J connectivity index is 1.89. The number of hydrogen-bond donors (Lipinski definition) is 1. The van der Waals surface area contributed by atoms with Crippen molar-refractivity contribution in [2.24, 2.45) is 0 Å². The van der Waals surface area contributed by atoms with Crippen molar-refractivity contribution in [3.8, 4) is 0 Å². The average molecular weight is 207 g/mol. The Morgan fingerprint density at radius 2 is 1.60 bits per heavy atom. The van der Waals surface area contributed by atoms with Gasteiger partial charge in [-0.1, -0.05) is 15.9 Å². The van der Waals surface area contributed by atoms with Gasteiger partial charge in [-0.05, 0) is 0 Å². The molecule has 10 heavy (non-hydrogen) atoms. The predicted molar refractivity (Wildman–Crippen MR) is 36.0 cm³/mol. The zero-order chi connectivity index (χ0) is 6.88. The summed E-state index contributed by atoms with van der Waals surface area (Å²) in [5.74, 6) is 0. The second-order valence-corrected chi connectivity index (χ2v) is 4.12. The molecule has 3 nitrogen and oxygen atoms in total. The molecular formula is C6H7BrO3. The standard InChI is InChI=1S/C6H7BrO3/c7-1-2(8)4-6(10-4)5-3(1)9-5/h1-6,8H/t1-,2-,3-,4-,5-,6-/m1/s1. The maximum Gasteiger partial charge on any atom is 0.116 e. The molecule has 3 fully saturated rings. The molecule has 0 unspecified atom stereocenters. The highest BCUT2D eigenvalue weighted by atomic mass is 79.9. The summed E-state index contributed by atoms with van der Waals surface area (Å²) in [5, 5.41) is 9.43. The van der Waals surface area contributed by atoms with Crippen molar-refractivity contribution >= 4 is 15.9 Å². The first-order chi connectivity index (χ1) is 4.79. The Bertz CT molecular complexity index is 166. The van der Waals surface area contributed by atoms with E-state index in [-0.39, 0.29) is 35.3 Å². The number of halogens is 1. The van der Waals surface area contributed by atoms with Gasteiger partial charge in [-0.15, -0.1) is 0 Å². The maximum absolute atomic E-state index is 9.43. The van der Waals surface area contributed by atoms with E-state index in [0.717, 1.165) is 0 Å². The van der Waals surface area contributed by atoms with Gasteiger partial charge in [-0.2, -0.15) is 0 Å². The first-order valence-electron chi connectivity index (χ1n) is 3.42. The molecule has 1 N–H and O–H groups in total. The molecule has 0 bridgehead atoms. The highest BCUT2D eigenvalue weighted by Crippen LogP contribution is 2.50. The molecule has 1 aliphatic carbocycles. The van der Waals surface area contributed by atoms with Crippen molar-refractivity contribution in [2.75, 3.05) is 0 Å². The van der Waals surface area contributed by atoms with Gasteiger partial charge in [0.2, 0.25) is 0 Å². The van der Waals surface area contributed by atoms with E-state index in [4.69, 9.17) is 9.47 Å². The van der Waals surface area contributed by atoms with Crippen LogP contribution in [0.25, 0.3) is 0 Å². The molecule has 0 aromatic carbocycles. The Hall–Kier alpha value is 0.360. The van der Waals surface area contributed by atoms with Gasteiger partial charge < -0.3 is 14.6 Å². The first-order valence-corrected chi connectivity index (χ1v) is 4.33. The molecule has 0 amide bonds. The number of aliphatic hydroxyl groups excluding tert-OH is 1. The summed E-state index contributed by atoms with van der Waals surface area (Å²) >= 11 is 3.37. The van der Waals surface area contributed by atoms with Gasteiger partial charge in [-0.25, -0.2) is 0 Å². The summed E-state index contributed by atoms with van der Waals surface area (Å²) in [6.07, 6.45) is 0.368. The molecule has 4 heteroatoms. The first kappa shape index (κ1) is 5.94. The summed E-state index contributed by atoms with van der Waals surface area (Å²) in [6, 6.07) is 0. The molecule has 6 atom stereocenters. The minimum Gasteiger partial charge on any atom is -0.389 e. The predicted octanol–water partition coefficient (Wildman–Crippen LogP) is -0.341. The van der Waals surface area contributed by atoms with Gasteiger partial charge in [0.05, 0.1) is 10.9 Å². The van der Waals surface area contributed by atoms with E-state index in [1.165, 1.54) is 0 Å². The fraction of sp³-hybridized carbons (Fsp3) is 1.00. The summed E-state index contributed by atoms with van der Waals surface area (Å²) in [4.78, 5) is 0.0845. The Morgan fingerprint density at radius 1 is 1.00 bits per heavy atom. The van der Waals surface area contributed by atoms with Gasteiger partial charge in [0, 0.05) is 0 Å². The van der Waals surface area contributed by atoms with Crippen LogP contribution in [-0.4, -0.2) is 40.5 Å². The Morgan fingerprint density at radius 3 is 2.40 bits per heavy atom. The molecule has 3 aliphatic rings. The van der Waals surface area contributed by atoms with E-state index >= 15 is 0 Å². The van der Waals surface area contributed by atoms with Crippen LogP contribution in [0, 0.1) is 0 Å². The van der Waals surface area contributed by atoms with E-state index in [9.17, 15) is 5.11 Å². The van der Waals surface area contributed by atoms with E-state index in [1.807, 2.05) is 0 Å². The van der Waals surface area contributed by atoms with Crippen molar-refractivity contribution in [3.05, 3.63) is 0 Å². The summed E-state index contributed by atoms with van der Waals surface area (Å²) in [6.45, 7) is 0. The largest absolute Gasteiger partial charge is 0.389 e. The fourth-order valence-electron chi connectivity index (χ4n) is 1.71. The zero-order valence-electron chi connectivity index (χ0n) is 5.11. The van der Waals surface area contributed by atoms with Crippen molar-refractivity contribution in [1.82, 2.24) is 0 Å². The average Bonchev–Trinajstić information content (AvgIpc) is 2.71. The van der Waals surface area contributed by atoms with Gasteiger partial charge in [0.1, 0.15) is 24.4 Å². The van der Waals surface area contributed by atoms with Crippen LogP contribution in [0.3, 0.4) is 0 Å². The molecule has 1 saturated carbocycles. The number of epoxide rings is 2. The number of alkyl halides is 1. The van der Waals surface area contributed by atoms with Crippen LogP contribution in [0.1, 0.15) is 0 Å². The lowest BCUT2D eigenvalue weighted by Gasteiger charge is -2.15. The van der Waals surface area contributed by atoms with Gasteiger partial charge in [-0.3, -0.25) is 0 Å². The molecule has 0 aromatic heterocycles. The van der Waals surface area contributed by atoms with Gasteiger partial charge in [0.15, 0.2) is 0 Å². The Kier molecular flexibility index (Phi) is 0.938. The monoisotopic (exact) mass is 206 g/mol. The van der Waals surface area contributed by atoms with Crippen LogP contribution in [0.2, 0.25) is 0 Å². The van der Waals surface area contributed by atoms with Crippen LogP contribution in [0.15, 0.2) is 0 Å². The van der Waals surface area contributed by atoms with Crippen molar-refractivity contribution < 1.29 is 14.6 Å². The van der Waals surface area contributed by atoms with Crippen LogP contribution >= 0.6 is 15.9 Å². The minimum atomic E-state index is -0.367. The lowest BCUT2D eigenvalue weighted by Crippen LogP contribution is -2.37. The quantitative estimate of drug-likeness (QED) is 0.436. The number of fused-ring (bicyclic) bond motifs is 3. The van der Waals surface area contributed by atoms with Crippen LogP contribution in [0.4, 0.5) is 0 Å². The molecule has 0 radical (unpaired) electrons. The summed E-state index contributed by atoms with van der Waals surface area (Å²) in [5.41, 5.74) is 0. The molecule has 0 aromatic rings. The molecule has 2 saturated heterocycles. The van der Waals surface area contributed by atoms with Crippen LogP contribution in [0.5, 0.6) is 0 Å². The van der Waals surface area contributed by atoms with Gasteiger partial charge >= 0.3 is 0 Å². The van der Waals surface area contributed by atoms with Crippen molar-refractivity contribution in [2.45, 2.75) is 35.3 Å². The third-order valence-corrected chi connectivity index (χ3v) is 3.49. The molecule has 2 aliphatic heterocycles. The third-order valence-electron chi connectivity index (χ3n) is 2.42. The summed E-state index contributed by atoms with van der Waals surface area (Å²) in [7, 11) is 0. The SMILES string of the molecule is O[C@@H]1[C@@H](Br)[C@H]2O[C@H]2[C@@H]2O[C@H]12. The highest BCUT2D eigenvalue weighted by molar-refractivity contribution is 9.09. The van der Waals surface area contributed by atoms with Crippen molar-refractivity contribution in [3.63, 3.8) is 0 Å². The van der Waals surface area contributed by atoms with E-state index in [0.29, 0.717) is 0 Å². The number of rotatable bonds is 0. The molecular weight excluding hydrogens is 200 g/mol. The van der Waals surface area contributed by atoms with E-state index < -0.39 is 0 Å². The van der Waals surface area contributed by atoms with Crippen LogP contribution in [-0.2, 0) is 9.47 Å². The fourth-order valence-corrected chi connectivity index (χ4v) is 2.43. The zero-order valence-corrected chi connectivity index (χ0v) is 6.69. The minimum absolute atomic E-state index is 0.0492. The molecule has 2 heterocycles.